The van der Waals surface area contributed by atoms with Crippen LogP contribution >= 0.6 is 0 Å². The van der Waals surface area contributed by atoms with Crippen LogP contribution in [0.4, 0.5) is 0 Å². The molecule has 1 aliphatic carbocycles. The lowest BCUT2D eigenvalue weighted by Crippen LogP contribution is -2.58. The van der Waals surface area contributed by atoms with Gasteiger partial charge in [0.15, 0.2) is 12.6 Å². The highest BCUT2D eigenvalue weighted by Gasteiger charge is 2.47. The topological polar surface area (TPSA) is 52.6 Å². The Kier molecular flexibility index (Phi) is 14.9. The molecule has 5 heteroatoms. The molecule has 0 aromatic carbocycles. The standard InChI is InChI=1S/C25H48NO4/c1-4-7-9-11-16-20-24(27)29-26(22-6-3,23-18-14-13-15-19-23)30-25(28)21-17-12-10-8-5-2/h23H,4-22H2,1-3H3/q+1. The van der Waals surface area contributed by atoms with Gasteiger partial charge in [-0.2, -0.15) is 0 Å². The Hall–Kier alpha value is -1.10. The molecule has 176 valence electrons. The minimum atomic E-state index is -0.224. The Morgan fingerprint density at radius 3 is 1.57 bits per heavy atom. The minimum Gasteiger partial charge on any atom is -0.245 e. The van der Waals surface area contributed by atoms with Crippen LogP contribution in [0.3, 0.4) is 0 Å². The lowest BCUT2D eigenvalue weighted by atomic mass is 9.95. The Morgan fingerprint density at radius 1 is 0.667 bits per heavy atom. The van der Waals surface area contributed by atoms with E-state index in [4.69, 9.17) is 9.68 Å². The molecule has 0 aromatic heterocycles. The van der Waals surface area contributed by atoms with Crippen molar-refractivity contribution in [2.45, 2.75) is 142 Å². The number of carbonyl (C=O) groups is 2. The van der Waals surface area contributed by atoms with E-state index in [1.807, 2.05) is 0 Å². The predicted molar refractivity (Wildman–Crippen MR) is 121 cm³/mol. The maximum atomic E-state index is 12.7. The zero-order chi connectivity index (χ0) is 22.1. The first kappa shape index (κ1) is 26.9. The van der Waals surface area contributed by atoms with Crippen LogP contribution in [0.5, 0.6) is 0 Å². The second-order valence-electron chi connectivity index (χ2n) is 9.00. The monoisotopic (exact) mass is 426 g/mol. The molecule has 1 saturated carbocycles. The highest BCUT2D eigenvalue weighted by atomic mass is 17.0. The van der Waals surface area contributed by atoms with Crippen molar-refractivity contribution >= 4 is 11.9 Å². The van der Waals surface area contributed by atoms with E-state index in [0.29, 0.717) is 19.4 Å². The maximum Gasteiger partial charge on any atom is 0.372 e. The molecule has 0 saturated heterocycles. The van der Waals surface area contributed by atoms with Gasteiger partial charge in [-0.1, -0.05) is 78.6 Å². The molecule has 0 aliphatic heterocycles. The number of hydroxylamine groups is 4. The minimum absolute atomic E-state index is 0.0757. The SMILES string of the molecule is CCCCCCCC(=O)O[N+](CCC)(OC(=O)CCCCCCC)C1CCCCC1. The quantitative estimate of drug-likeness (QED) is 0.140. The summed E-state index contributed by atoms with van der Waals surface area (Å²) in [6, 6.07) is 0.0757. The Labute approximate surface area is 185 Å². The number of carbonyl (C=O) groups excluding carboxylic acids is 2. The number of rotatable bonds is 17. The van der Waals surface area contributed by atoms with E-state index in [1.165, 1.54) is 32.1 Å². The highest BCUT2D eigenvalue weighted by Crippen LogP contribution is 2.31. The van der Waals surface area contributed by atoms with Crippen LogP contribution in [0.25, 0.3) is 0 Å². The maximum absolute atomic E-state index is 12.7. The molecule has 5 nitrogen and oxygen atoms in total. The smallest absolute Gasteiger partial charge is 0.245 e. The molecular formula is C25H48NO4+. The van der Waals surface area contributed by atoms with Gasteiger partial charge >= 0.3 is 11.9 Å². The van der Waals surface area contributed by atoms with E-state index in [0.717, 1.165) is 70.6 Å². The summed E-state index contributed by atoms with van der Waals surface area (Å²) in [7, 11) is 0. The molecule has 0 heterocycles. The summed E-state index contributed by atoms with van der Waals surface area (Å²) in [4.78, 5) is 37.2. The van der Waals surface area contributed by atoms with Gasteiger partial charge in [-0.15, -0.1) is 0 Å². The van der Waals surface area contributed by atoms with Gasteiger partial charge in [-0.25, -0.2) is 19.3 Å². The van der Waals surface area contributed by atoms with Gasteiger partial charge < -0.3 is 0 Å². The first-order valence-electron chi connectivity index (χ1n) is 12.9. The van der Waals surface area contributed by atoms with Crippen molar-refractivity contribution in [1.29, 1.82) is 0 Å². The fraction of sp³-hybridized carbons (Fsp3) is 0.920. The first-order valence-corrected chi connectivity index (χ1v) is 12.9. The third-order valence-corrected chi connectivity index (χ3v) is 6.15. The summed E-state index contributed by atoms with van der Waals surface area (Å²) in [5.41, 5.74) is 0. The van der Waals surface area contributed by atoms with E-state index in [2.05, 4.69) is 20.8 Å². The van der Waals surface area contributed by atoms with Crippen molar-refractivity contribution in [3.8, 4) is 0 Å². The average Bonchev–Trinajstić information content (AvgIpc) is 2.74. The second kappa shape index (κ2) is 16.6. The predicted octanol–water partition coefficient (Wildman–Crippen LogP) is 7.18. The Bertz CT molecular complexity index is 432. The molecule has 0 atom stereocenters. The third kappa shape index (κ3) is 10.8. The number of hydrogen-bond acceptors (Lipinski definition) is 4. The number of nitrogens with zero attached hydrogens (tertiary/aromatic N) is 1. The van der Waals surface area contributed by atoms with Crippen molar-refractivity contribution in [2.75, 3.05) is 6.54 Å². The average molecular weight is 427 g/mol. The zero-order valence-electron chi connectivity index (χ0n) is 20.1. The van der Waals surface area contributed by atoms with Crippen LogP contribution in [-0.4, -0.2) is 29.3 Å². The van der Waals surface area contributed by atoms with Gasteiger partial charge in [-0.05, 0) is 25.7 Å². The van der Waals surface area contributed by atoms with E-state index >= 15 is 0 Å². The highest BCUT2D eigenvalue weighted by molar-refractivity contribution is 5.69. The molecule has 30 heavy (non-hydrogen) atoms. The van der Waals surface area contributed by atoms with Crippen molar-refractivity contribution in [2.24, 2.45) is 0 Å². The van der Waals surface area contributed by atoms with Gasteiger partial charge in [0.2, 0.25) is 0 Å². The van der Waals surface area contributed by atoms with Gasteiger partial charge in [0, 0.05) is 24.1 Å². The summed E-state index contributed by atoms with van der Waals surface area (Å²) in [6.45, 7) is 6.99. The molecular weight excluding hydrogens is 378 g/mol. The normalized spacial score (nSPS) is 15.2. The second-order valence-corrected chi connectivity index (χ2v) is 9.00. The van der Waals surface area contributed by atoms with E-state index in [1.54, 1.807) is 0 Å². The van der Waals surface area contributed by atoms with Crippen molar-refractivity contribution in [3.63, 3.8) is 0 Å². The third-order valence-electron chi connectivity index (χ3n) is 6.15. The molecule has 0 amide bonds. The fourth-order valence-corrected chi connectivity index (χ4v) is 4.41. The van der Waals surface area contributed by atoms with E-state index in [-0.39, 0.29) is 22.8 Å². The van der Waals surface area contributed by atoms with Crippen LogP contribution in [-0.2, 0) is 19.3 Å². The van der Waals surface area contributed by atoms with Crippen LogP contribution < -0.4 is 0 Å². The summed E-state index contributed by atoms with van der Waals surface area (Å²) in [5.74, 6) is -0.442. The fourth-order valence-electron chi connectivity index (χ4n) is 4.41. The number of hydrogen-bond donors (Lipinski definition) is 0. The Balaban J connectivity index is 2.70. The van der Waals surface area contributed by atoms with Crippen LogP contribution in [0.1, 0.15) is 136 Å². The van der Waals surface area contributed by atoms with Crippen molar-refractivity contribution in [1.82, 2.24) is 0 Å². The molecule has 0 bridgehead atoms. The van der Waals surface area contributed by atoms with Crippen LogP contribution in [0.15, 0.2) is 0 Å². The number of unbranched alkanes of at least 4 members (excludes halogenated alkanes) is 8. The molecule has 0 aromatic rings. The van der Waals surface area contributed by atoms with Crippen molar-refractivity contribution < 1.29 is 24.1 Å². The van der Waals surface area contributed by atoms with Gasteiger partial charge in [-0.3, -0.25) is 0 Å². The van der Waals surface area contributed by atoms with Gasteiger partial charge in [0.1, 0.15) is 0 Å². The molecule has 0 N–H and O–H groups in total. The molecule has 0 spiro atoms. The zero-order valence-corrected chi connectivity index (χ0v) is 20.1. The van der Waals surface area contributed by atoms with Crippen molar-refractivity contribution in [3.05, 3.63) is 0 Å². The van der Waals surface area contributed by atoms with Gasteiger partial charge in [0.25, 0.3) is 0 Å². The Morgan fingerprint density at radius 2 is 1.13 bits per heavy atom. The molecule has 1 aliphatic rings. The summed E-state index contributed by atoms with van der Waals surface area (Å²) in [5, 5.41) is 0. The van der Waals surface area contributed by atoms with Crippen LogP contribution in [0.2, 0.25) is 0 Å². The molecule has 1 rings (SSSR count). The molecule has 0 unspecified atom stereocenters. The lowest BCUT2D eigenvalue weighted by Gasteiger charge is -2.38. The summed E-state index contributed by atoms with van der Waals surface area (Å²) >= 11 is 0. The largest absolute Gasteiger partial charge is 0.372 e. The van der Waals surface area contributed by atoms with E-state index in [9.17, 15) is 9.59 Å². The van der Waals surface area contributed by atoms with Gasteiger partial charge in [0.05, 0.1) is 12.8 Å². The number of quaternary nitrogens is 1. The lowest BCUT2D eigenvalue weighted by molar-refractivity contribution is -1.24. The van der Waals surface area contributed by atoms with Crippen LogP contribution in [0, 0.1) is 0 Å². The summed E-state index contributed by atoms with van der Waals surface area (Å²) < 4.78 is 0. The molecule has 1 fully saturated rings. The first-order chi connectivity index (χ1) is 14.6. The molecule has 0 radical (unpaired) electrons. The summed E-state index contributed by atoms with van der Waals surface area (Å²) in [6.07, 6.45) is 17.9. The van der Waals surface area contributed by atoms with E-state index < -0.39 is 0 Å².